The van der Waals surface area contributed by atoms with Crippen LogP contribution in [0.3, 0.4) is 0 Å². The predicted molar refractivity (Wildman–Crippen MR) is 84.0 cm³/mol. The highest BCUT2D eigenvalue weighted by Crippen LogP contribution is 2.25. The minimum atomic E-state index is -3.83. The number of hydrogen-bond donors (Lipinski definition) is 1. The lowest BCUT2D eigenvalue weighted by Gasteiger charge is -2.26. The second kappa shape index (κ2) is 6.27. The molecule has 0 spiro atoms. The third-order valence-electron chi connectivity index (χ3n) is 4.02. The lowest BCUT2D eigenvalue weighted by molar-refractivity contribution is 0.232. The van der Waals surface area contributed by atoms with Crippen LogP contribution in [0.2, 0.25) is 0 Å². The van der Waals surface area contributed by atoms with Gasteiger partial charge in [0.05, 0.1) is 23.0 Å². The number of sulfonamides is 1. The van der Waals surface area contributed by atoms with Crippen molar-refractivity contribution in [3.05, 3.63) is 29.3 Å². The van der Waals surface area contributed by atoms with E-state index in [0.29, 0.717) is 0 Å². The van der Waals surface area contributed by atoms with E-state index in [4.69, 9.17) is 0 Å². The molecule has 0 bridgehead atoms. The molecule has 1 atom stereocenters. The van der Waals surface area contributed by atoms with E-state index < -0.39 is 25.9 Å². The summed E-state index contributed by atoms with van der Waals surface area (Å²) in [6, 6.07) is 4.22. The fourth-order valence-corrected chi connectivity index (χ4v) is 6.17. The molecule has 1 heterocycles. The van der Waals surface area contributed by atoms with Crippen molar-refractivity contribution in [2.75, 3.05) is 24.7 Å². The zero-order valence-corrected chi connectivity index (χ0v) is 14.3. The first-order valence-electron chi connectivity index (χ1n) is 7.08. The molecule has 0 unspecified atom stereocenters. The van der Waals surface area contributed by atoms with Crippen LogP contribution in [0.25, 0.3) is 0 Å². The molecule has 1 aliphatic rings. The number of aliphatic hydroxyl groups excluding tert-OH is 1. The molecule has 1 aromatic rings. The van der Waals surface area contributed by atoms with Crippen LogP contribution in [-0.4, -0.2) is 56.9 Å². The van der Waals surface area contributed by atoms with Gasteiger partial charge in [-0.15, -0.1) is 0 Å². The van der Waals surface area contributed by atoms with E-state index in [2.05, 4.69) is 0 Å². The van der Waals surface area contributed by atoms with Gasteiger partial charge >= 0.3 is 0 Å². The topological polar surface area (TPSA) is 91.8 Å². The highest BCUT2D eigenvalue weighted by atomic mass is 32.2. The lowest BCUT2D eigenvalue weighted by Crippen LogP contribution is -2.42. The summed E-state index contributed by atoms with van der Waals surface area (Å²) < 4.78 is 50.0. The van der Waals surface area contributed by atoms with Gasteiger partial charge in [-0.3, -0.25) is 0 Å². The molecule has 22 heavy (non-hydrogen) atoms. The number of rotatable bonds is 5. The van der Waals surface area contributed by atoms with Crippen molar-refractivity contribution in [2.45, 2.75) is 31.2 Å². The van der Waals surface area contributed by atoms with Crippen molar-refractivity contribution in [2.24, 2.45) is 0 Å². The Morgan fingerprint density at radius 3 is 2.45 bits per heavy atom. The minimum absolute atomic E-state index is 0.0119. The Labute approximate surface area is 131 Å². The van der Waals surface area contributed by atoms with Crippen molar-refractivity contribution in [3.63, 3.8) is 0 Å². The maximum Gasteiger partial charge on any atom is 0.243 e. The zero-order chi connectivity index (χ0) is 16.5. The van der Waals surface area contributed by atoms with E-state index in [1.54, 1.807) is 12.1 Å². The van der Waals surface area contributed by atoms with Crippen LogP contribution in [0.4, 0.5) is 0 Å². The molecule has 6 nitrogen and oxygen atoms in total. The Morgan fingerprint density at radius 2 is 1.95 bits per heavy atom. The highest BCUT2D eigenvalue weighted by molar-refractivity contribution is 7.92. The SMILES string of the molecule is Cc1ccc(S(=O)(=O)N(CCO)[C@H]2CCS(=O)(=O)C2)cc1C. The maximum atomic E-state index is 12.8. The average molecular weight is 347 g/mol. The predicted octanol–water partition coefficient (Wildman–Crippen LogP) is 0.474. The van der Waals surface area contributed by atoms with Crippen LogP contribution in [0, 0.1) is 13.8 Å². The van der Waals surface area contributed by atoms with E-state index >= 15 is 0 Å². The number of benzene rings is 1. The van der Waals surface area contributed by atoms with Crippen LogP contribution in [-0.2, 0) is 19.9 Å². The van der Waals surface area contributed by atoms with Crippen molar-refractivity contribution in [3.8, 4) is 0 Å². The molecule has 1 aliphatic heterocycles. The fourth-order valence-electron chi connectivity index (χ4n) is 2.61. The molecule has 1 saturated heterocycles. The molecule has 0 radical (unpaired) electrons. The quantitative estimate of drug-likeness (QED) is 0.836. The molecule has 0 saturated carbocycles. The highest BCUT2D eigenvalue weighted by Gasteiger charge is 2.38. The molecule has 2 rings (SSSR count). The van der Waals surface area contributed by atoms with Crippen molar-refractivity contribution >= 4 is 19.9 Å². The van der Waals surface area contributed by atoms with E-state index in [-0.39, 0.29) is 36.0 Å². The molecule has 1 N–H and O–H groups in total. The van der Waals surface area contributed by atoms with Crippen LogP contribution >= 0.6 is 0 Å². The summed E-state index contributed by atoms with van der Waals surface area (Å²) in [6.07, 6.45) is 0.270. The molecular weight excluding hydrogens is 326 g/mol. The largest absolute Gasteiger partial charge is 0.395 e. The second-order valence-corrected chi connectivity index (χ2v) is 9.76. The van der Waals surface area contributed by atoms with E-state index in [0.717, 1.165) is 15.4 Å². The number of hydrogen-bond acceptors (Lipinski definition) is 5. The van der Waals surface area contributed by atoms with Gasteiger partial charge in [-0.1, -0.05) is 6.07 Å². The standard InChI is InChI=1S/C14H21NO5S2/c1-11-3-4-14(9-12(11)2)22(19,20)15(6-7-16)13-5-8-21(17,18)10-13/h3-4,9,13,16H,5-8,10H2,1-2H3/t13-/m0/s1. The van der Waals surface area contributed by atoms with Gasteiger partial charge in [0.1, 0.15) is 0 Å². The molecule has 0 amide bonds. The maximum absolute atomic E-state index is 12.8. The Hall–Kier alpha value is -0.960. The average Bonchev–Trinajstić information content (AvgIpc) is 2.78. The molecule has 0 aliphatic carbocycles. The summed E-state index contributed by atoms with van der Waals surface area (Å²) in [5.74, 6) is -0.195. The molecule has 1 aromatic carbocycles. The van der Waals surface area contributed by atoms with Crippen LogP contribution in [0.1, 0.15) is 17.5 Å². The normalized spacial score (nSPS) is 21.4. The van der Waals surface area contributed by atoms with Crippen molar-refractivity contribution in [1.82, 2.24) is 4.31 Å². The fraction of sp³-hybridized carbons (Fsp3) is 0.571. The lowest BCUT2D eigenvalue weighted by atomic mass is 10.1. The van der Waals surface area contributed by atoms with Crippen molar-refractivity contribution < 1.29 is 21.9 Å². The van der Waals surface area contributed by atoms with Crippen molar-refractivity contribution in [1.29, 1.82) is 0 Å². The Kier molecular flexibility index (Phi) is 4.96. The van der Waals surface area contributed by atoms with Crippen LogP contribution < -0.4 is 0 Å². The minimum Gasteiger partial charge on any atom is -0.395 e. The summed E-state index contributed by atoms with van der Waals surface area (Å²) in [5, 5.41) is 9.18. The van der Waals surface area contributed by atoms with Gasteiger partial charge in [0.15, 0.2) is 9.84 Å². The number of sulfone groups is 1. The van der Waals surface area contributed by atoms with E-state index in [1.165, 1.54) is 6.07 Å². The Bertz CT molecular complexity index is 755. The van der Waals surface area contributed by atoms with Crippen LogP contribution in [0.5, 0.6) is 0 Å². The summed E-state index contributed by atoms with van der Waals surface area (Å²) in [4.78, 5) is 0.133. The van der Waals surface area contributed by atoms with E-state index in [1.807, 2.05) is 13.8 Å². The van der Waals surface area contributed by atoms with Gasteiger partial charge in [-0.25, -0.2) is 16.8 Å². The number of nitrogens with zero attached hydrogens (tertiary/aromatic N) is 1. The summed E-state index contributed by atoms with van der Waals surface area (Å²) in [5.41, 5.74) is 1.83. The summed E-state index contributed by atoms with van der Waals surface area (Å²) >= 11 is 0. The zero-order valence-electron chi connectivity index (χ0n) is 12.7. The Morgan fingerprint density at radius 1 is 1.27 bits per heavy atom. The van der Waals surface area contributed by atoms with Gasteiger partial charge in [0.2, 0.25) is 10.0 Å². The first kappa shape index (κ1) is 17.4. The van der Waals surface area contributed by atoms with Crippen LogP contribution in [0.15, 0.2) is 23.1 Å². The Balaban J connectivity index is 2.40. The smallest absolute Gasteiger partial charge is 0.243 e. The second-order valence-electron chi connectivity index (χ2n) is 5.64. The molecule has 0 aromatic heterocycles. The van der Waals surface area contributed by atoms with Gasteiger partial charge in [-0.2, -0.15) is 4.31 Å². The number of aryl methyl sites for hydroxylation is 2. The van der Waals surface area contributed by atoms with Gasteiger partial charge in [-0.05, 0) is 43.5 Å². The third-order valence-corrected chi connectivity index (χ3v) is 7.72. The summed E-state index contributed by atoms with van der Waals surface area (Å²) in [6.45, 7) is 3.27. The van der Waals surface area contributed by atoms with Gasteiger partial charge in [0.25, 0.3) is 0 Å². The first-order chi connectivity index (χ1) is 10.2. The molecular formula is C14H21NO5S2. The molecule has 8 heteroatoms. The first-order valence-corrected chi connectivity index (χ1v) is 10.3. The monoisotopic (exact) mass is 347 g/mol. The van der Waals surface area contributed by atoms with Gasteiger partial charge < -0.3 is 5.11 Å². The van der Waals surface area contributed by atoms with E-state index in [9.17, 15) is 21.9 Å². The van der Waals surface area contributed by atoms with Gasteiger partial charge in [0, 0.05) is 12.6 Å². The molecule has 124 valence electrons. The summed E-state index contributed by atoms with van der Waals surface area (Å²) in [7, 11) is -7.03. The number of aliphatic hydroxyl groups is 1. The third kappa shape index (κ3) is 3.51. The molecule has 1 fully saturated rings.